The first kappa shape index (κ1) is 19.6. The lowest BCUT2D eigenvalue weighted by atomic mass is 10.1. The van der Waals surface area contributed by atoms with Gasteiger partial charge in [0.1, 0.15) is 16.9 Å². The summed E-state index contributed by atoms with van der Waals surface area (Å²) in [7, 11) is 2.13. The summed E-state index contributed by atoms with van der Waals surface area (Å²) in [5.41, 5.74) is 10.6. The van der Waals surface area contributed by atoms with Gasteiger partial charge in [-0.25, -0.2) is 9.37 Å². The predicted molar refractivity (Wildman–Crippen MR) is 126 cm³/mol. The van der Waals surface area contributed by atoms with Crippen LogP contribution < -0.4 is 10.6 Å². The molecular weight excluding hydrogens is 421 g/mol. The Morgan fingerprint density at radius 1 is 1.03 bits per heavy atom. The number of piperazine rings is 1. The molecule has 0 aliphatic carbocycles. The fraction of sp³-hybridized carbons (Fsp3) is 0.217. The molecule has 1 aromatic carbocycles. The first-order valence-corrected chi connectivity index (χ1v) is 10.7. The average Bonchev–Trinajstić information content (AvgIpc) is 3.44. The maximum absolute atomic E-state index is 15.7. The second-order valence-electron chi connectivity index (χ2n) is 8.34. The number of rotatable bonds is 3. The Hall–Kier alpha value is -4.05. The SMILES string of the molecule is CN1CCN(c2cccc3[nH]c(-c4n[nH]c5cnc(-c6cncc(N)c6)c(F)c45)nc23)CC1. The lowest BCUT2D eigenvalue weighted by molar-refractivity contribution is 0.313. The lowest BCUT2D eigenvalue weighted by Gasteiger charge is -2.34. The minimum Gasteiger partial charge on any atom is -0.397 e. The third-order valence-electron chi connectivity index (χ3n) is 6.14. The van der Waals surface area contributed by atoms with E-state index in [9.17, 15) is 0 Å². The monoisotopic (exact) mass is 443 g/mol. The highest BCUT2D eigenvalue weighted by Gasteiger charge is 2.22. The van der Waals surface area contributed by atoms with Gasteiger partial charge in [0.05, 0.1) is 34.0 Å². The van der Waals surface area contributed by atoms with Gasteiger partial charge in [-0.2, -0.15) is 5.10 Å². The molecule has 5 heterocycles. The highest BCUT2D eigenvalue weighted by molar-refractivity contribution is 5.97. The van der Waals surface area contributed by atoms with Crippen LogP contribution in [0.1, 0.15) is 0 Å². The summed E-state index contributed by atoms with van der Waals surface area (Å²) in [6.07, 6.45) is 4.61. The Kier molecular flexibility index (Phi) is 4.47. The molecule has 0 saturated carbocycles. The van der Waals surface area contributed by atoms with Crippen molar-refractivity contribution in [3.05, 3.63) is 48.7 Å². The molecule has 6 rings (SSSR count). The fourth-order valence-electron chi connectivity index (χ4n) is 4.37. The van der Waals surface area contributed by atoms with Gasteiger partial charge in [-0.1, -0.05) is 6.07 Å². The van der Waals surface area contributed by atoms with E-state index in [0.717, 1.165) is 42.9 Å². The Bertz CT molecular complexity index is 1480. The molecule has 1 aliphatic rings. The fourth-order valence-corrected chi connectivity index (χ4v) is 4.37. The number of benzene rings is 1. The van der Waals surface area contributed by atoms with Crippen LogP contribution in [0, 0.1) is 5.82 Å². The Labute approximate surface area is 188 Å². The third-order valence-corrected chi connectivity index (χ3v) is 6.14. The Morgan fingerprint density at radius 2 is 1.88 bits per heavy atom. The minimum atomic E-state index is -0.497. The first-order valence-electron chi connectivity index (χ1n) is 10.7. The van der Waals surface area contributed by atoms with Gasteiger partial charge >= 0.3 is 0 Å². The number of fused-ring (bicyclic) bond motifs is 2. The molecular formula is C23H22FN9. The summed E-state index contributed by atoms with van der Waals surface area (Å²) < 4.78 is 15.7. The van der Waals surface area contributed by atoms with Gasteiger partial charge in [-0.3, -0.25) is 15.1 Å². The van der Waals surface area contributed by atoms with Crippen LogP contribution in [-0.2, 0) is 0 Å². The second kappa shape index (κ2) is 7.52. The number of hydrogen-bond donors (Lipinski definition) is 3. The maximum Gasteiger partial charge on any atom is 0.161 e. The van der Waals surface area contributed by atoms with Gasteiger partial charge in [0, 0.05) is 44.1 Å². The van der Waals surface area contributed by atoms with Crippen LogP contribution in [-0.4, -0.2) is 68.3 Å². The zero-order valence-corrected chi connectivity index (χ0v) is 18.0. The van der Waals surface area contributed by atoms with Gasteiger partial charge in [0.25, 0.3) is 0 Å². The Morgan fingerprint density at radius 3 is 2.70 bits per heavy atom. The van der Waals surface area contributed by atoms with E-state index < -0.39 is 5.82 Å². The quantitative estimate of drug-likeness (QED) is 0.392. The van der Waals surface area contributed by atoms with Crippen molar-refractivity contribution >= 4 is 33.3 Å². The summed E-state index contributed by atoms with van der Waals surface area (Å²) in [4.78, 5) is 21.1. The number of para-hydroxylation sites is 1. The number of pyridine rings is 2. The van der Waals surface area contributed by atoms with Crippen molar-refractivity contribution in [1.82, 2.24) is 35.0 Å². The molecule has 9 nitrogen and oxygen atoms in total. The van der Waals surface area contributed by atoms with Gasteiger partial charge in [-0.05, 0) is 25.2 Å². The zero-order valence-electron chi connectivity index (χ0n) is 18.0. The van der Waals surface area contributed by atoms with E-state index in [2.05, 4.69) is 48.1 Å². The van der Waals surface area contributed by atoms with E-state index in [0.29, 0.717) is 33.7 Å². The number of halogens is 1. The van der Waals surface area contributed by atoms with Gasteiger partial charge in [0.2, 0.25) is 0 Å². The van der Waals surface area contributed by atoms with Crippen molar-refractivity contribution in [2.75, 3.05) is 43.9 Å². The van der Waals surface area contributed by atoms with Crippen LogP contribution in [0.25, 0.3) is 44.7 Å². The molecule has 0 bridgehead atoms. The number of hydrogen-bond acceptors (Lipinski definition) is 7. The minimum absolute atomic E-state index is 0.166. The van der Waals surface area contributed by atoms with Crippen LogP contribution in [0.5, 0.6) is 0 Å². The van der Waals surface area contributed by atoms with Crippen molar-refractivity contribution in [1.29, 1.82) is 0 Å². The first-order chi connectivity index (χ1) is 16.1. The van der Waals surface area contributed by atoms with Crippen LogP contribution in [0.2, 0.25) is 0 Å². The highest BCUT2D eigenvalue weighted by Crippen LogP contribution is 2.34. The molecule has 0 spiro atoms. The molecule has 4 aromatic heterocycles. The number of imidazole rings is 1. The molecule has 0 unspecified atom stereocenters. The van der Waals surface area contributed by atoms with Crippen molar-refractivity contribution in [2.45, 2.75) is 0 Å². The van der Waals surface area contributed by atoms with Crippen LogP contribution in [0.15, 0.2) is 42.9 Å². The topological polar surface area (TPSA) is 116 Å². The Balaban J connectivity index is 1.48. The van der Waals surface area contributed by atoms with Crippen LogP contribution in [0.4, 0.5) is 15.8 Å². The summed E-state index contributed by atoms with van der Waals surface area (Å²) in [6, 6.07) is 7.71. The van der Waals surface area contributed by atoms with Gasteiger partial charge < -0.3 is 20.5 Å². The summed E-state index contributed by atoms with van der Waals surface area (Å²) in [5.74, 6) is 0.00275. The molecule has 10 heteroatoms. The smallest absolute Gasteiger partial charge is 0.161 e. The molecule has 0 amide bonds. The standard InChI is InChI=1S/C23H22FN9/c1-32-5-7-33(8-6-32)17-4-2-3-15-21(17)29-23(28-15)22-18-16(30-31-22)12-27-20(19(18)24)13-9-14(25)11-26-10-13/h2-4,9-12H,5-8,25H2,1H3,(H,28,29)(H,30,31). The van der Waals surface area contributed by atoms with Gasteiger partial charge in [0.15, 0.2) is 11.6 Å². The number of nitrogens with zero attached hydrogens (tertiary/aromatic N) is 6. The van der Waals surface area contributed by atoms with Crippen LogP contribution in [0.3, 0.4) is 0 Å². The summed E-state index contributed by atoms with van der Waals surface area (Å²) in [5, 5.41) is 7.56. The largest absolute Gasteiger partial charge is 0.397 e. The van der Waals surface area contributed by atoms with E-state index >= 15 is 4.39 Å². The molecule has 166 valence electrons. The van der Waals surface area contributed by atoms with Crippen molar-refractivity contribution in [3.8, 4) is 22.8 Å². The summed E-state index contributed by atoms with van der Waals surface area (Å²) in [6.45, 7) is 3.86. The van der Waals surface area contributed by atoms with Crippen molar-refractivity contribution in [2.24, 2.45) is 0 Å². The number of nitrogens with two attached hydrogens (primary N) is 1. The van der Waals surface area contributed by atoms with Crippen molar-refractivity contribution in [3.63, 3.8) is 0 Å². The summed E-state index contributed by atoms with van der Waals surface area (Å²) >= 11 is 0. The number of anilines is 2. The van der Waals surface area contributed by atoms with Crippen molar-refractivity contribution < 1.29 is 4.39 Å². The molecule has 4 N–H and O–H groups in total. The number of nitrogen functional groups attached to an aromatic ring is 1. The molecule has 1 fully saturated rings. The normalized spacial score (nSPS) is 15.0. The molecule has 0 atom stereocenters. The highest BCUT2D eigenvalue weighted by atomic mass is 19.1. The lowest BCUT2D eigenvalue weighted by Crippen LogP contribution is -2.44. The molecule has 0 radical (unpaired) electrons. The van der Waals surface area contributed by atoms with E-state index in [-0.39, 0.29) is 5.69 Å². The van der Waals surface area contributed by atoms with E-state index in [1.807, 2.05) is 12.1 Å². The molecule has 1 aliphatic heterocycles. The molecule has 1 saturated heterocycles. The van der Waals surface area contributed by atoms with E-state index in [4.69, 9.17) is 10.7 Å². The van der Waals surface area contributed by atoms with E-state index in [1.54, 1.807) is 12.3 Å². The number of aromatic nitrogens is 6. The number of nitrogens with one attached hydrogen (secondary N) is 2. The number of likely N-dealkylation sites (N-methyl/N-ethyl adjacent to an activating group) is 1. The maximum atomic E-state index is 15.7. The number of H-pyrrole nitrogens is 2. The third kappa shape index (κ3) is 3.26. The zero-order chi connectivity index (χ0) is 22.5. The van der Waals surface area contributed by atoms with Gasteiger partial charge in [-0.15, -0.1) is 0 Å². The molecule has 5 aromatic rings. The van der Waals surface area contributed by atoms with Crippen LogP contribution >= 0.6 is 0 Å². The van der Waals surface area contributed by atoms with E-state index in [1.165, 1.54) is 12.4 Å². The second-order valence-corrected chi connectivity index (χ2v) is 8.34. The average molecular weight is 443 g/mol. The number of aromatic amines is 2. The predicted octanol–water partition coefficient (Wildman–Crippen LogP) is 3.04. The molecule has 33 heavy (non-hydrogen) atoms.